The number of halogens is 1. The van der Waals surface area contributed by atoms with Crippen LogP contribution in [0.15, 0.2) is 40.9 Å². The van der Waals surface area contributed by atoms with Crippen molar-refractivity contribution in [1.29, 1.82) is 0 Å². The number of methoxy groups -OCH3 is 2. The second-order valence-electron chi connectivity index (χ2n) is 4.75. The highest BCUT2D eigenvalue weighted by atomic mass is 79.9. The van der Waals surface area contributed by atoms with E-state index in [0.29, 0.717) is 18.0 Å². The van der Waals surface area contributed by atoms with Crippen LogP contribution in [0.4, 0.5) is 5.95 Å². The maximum absolute atomic E-state index is 5.33. The highest BCUT2D eigenvalue weighted by Gasteiger charge is 2.10. The van der Waals surface area contributed by atoms with Crippen LogP contribution in [-0.4, -0.2) is 24.2 Å². The van der Waals surface area contributed by atoms with Gasteiger partial charge in [-0.15, -0.1) is 0 Å². The molecule has 22 heavy (non-hydrogen) atoms. The predicted molar refractivity (Wildman–Crippen MR) is 90.7 cm³/mol. The van der Waals surface area contributed by atoms with E-state index < -0.39 is 0 Å². The molecule has 0 amide bonds. The standard InChI is InChI=1S/C16H16BrN3O2/c1-21-14-7-10(11(17)8-15(14)22-2)9-18-16-19-12-5-3-4-6-13(12)20-16/h3-8H,9H2,1-2H3,(H2,18,19,20). The zero-order valence-electron chi connectivity index (χ0n) is 12.3. The minimum atomic E-state index is 0.612. The first-order valence-electron chi connectivity index (χ1n) is 6.80. The number of ether oxygens (including phenoxy) is 2. The summed E-state index contributed by atoms with van der Waals surface area (Å²) in [6.07, 6.45) is 0. The number of benzene rings is 2. The normalized spacial score (nSPS) is 10.7. The van der Waals surface area contributed by atoms with Crippen molar-refractivity contribution >= 4 is 32.9 Å². The first kappa shape index (κ1) is 14.7. The quantitative estimate of drug-likeness (QED) is 0.722. The van der Waals surface area contributed by atoms with Crippen molar-refractivity contribution < 1.29 is 9.47 Å². The highest BCUT2D eigenvalue weighted by Crippen LogP contribution is 2.33. The van der Waals surface area contributed by atoms with E-state index in [9.17, 15) is 0 Å². The van der Waals surface area contributed by atoms with E-state index in [4.69, 9.17) is 9.47 Å². The van der Waals surface area contributed by atoms with Crippen LogP contribution in [0.2, 0.25) is 0 Å². The summed E-state index contributed by atoms with van der Waals surface area (Å²) in [5, 5.41) is 3.29. The Hall–Kier alpha value is -2.21. The Morgan fingerprint density at radius 2 is 1.86 bits per heavy atom. The van der Waals surface area contributed by atoms with Gasteiger partial charge in [0.25, 0.3) is 0 Å². The number of fused-ring (bicyclic) bond motifs is 1. The Morgan fingerprint density at radius 1 is 1.14 bits per heavy atom. The molecule has 0 aliphatic carbocycles. The molecule has 0 bridgehead atoms. The van der Waals surface area contributed by atoms with Gasteiger partial charge < -0.3 is 19.8 Å². The summed E-state index contributed by atoms with van der Waals surface area (Å²) in [5.74, 6) is 2.14. The van der Waals surface area contributed by atoms with Crippen LogP contribution in [0.3, 0.4) is 0 Å². The van der Waals surface area contributed by atoms with Crippen LogP contribution in [0.25, 0.3) is 11.0 Å². The zero-order valence-corrected chi connectivity index (χ0v) is 13.9. The molecule has 0 unspecified atom stereocenters. The maximum Gasteiger partial charge on any atom is 0.201 e. The van der Waals surface area contributed by atoms with E-state index in [1.54, 1.807) is 14.2 Å². The molecule has 0 fully saturated rings. The number of anilines is 1. The van der Waals surface area contributed by atoms with Gasteiger partial charge in [0.2, 0.25) is 5.95 Å². The van der Waals surface area contributed by atoms with Crippen molar-refractivity contribution in [2.75, 3.05) is 19.5 Å². The van der Waals surface area contributed by atoms with Crippen molar-refractivity contribution in [1.82, 2.24) is 9.97 Å². The molecule has 0 saturated carbocycles. The fourth-order valence-electron chi connectivity index (χ4n) is 2.25. The number of nitrogens with zero attached hydrogens (tertiary/aromatic N) is 1. The number of rotatable bonds is 5. The molecular formula is C16H16BrN3O2. The molecule has 3 aromatic rings. The number of aromatic amines is 1. The van der Waals surface area contributed by atoms with Gasteiger partial charge in [0.1, 0.15) is 0 Å². The van der Waals surface area contributed by atoms with E-state index in [1.807, 2.05) is 36.4 Å². The van der Waals surface area contributed by atoms with Crippen molar-refractivity contribution in [3.05, 3.63) is 46.4 Å². The number of imidazole rings is 1. The fourth-order valence-corrected chi connectivity index (χ4v) is 2.71. The zero-order chi connectivity index (χ0) is 15.5. The Labute approximate surface area is 136 Å². The summed E-state index contributed by atoms with van der Waals surface area (Å²) >= 11 is 3.55. The molecule has 0 radical (unpaired) electrons. The minimum absolute atomic E-state index is 0.612. The molecule has 0 spiro atoms. The summed E-state index contributed by atoms with van der Waals surface area (Å²) < 4.78 is 11.6. The second kappa shape index (κ2) is 6.27. The van der Waals surface area contributed by atoms with Crippen molar-refractivity contribution in [2.24, 2.45) is 0 Å². The molecule has 5 nitrogen and oxygen atoms in total. The molecule has 0 atom stereocenters. The maximum atomic E-state index is 5.33. The van der Waals surface area contributed by atoms with Gasteiger partial charge >= 0.3 is 0 Å². The minimum Gasteiger partial charge on any atom is -0.493 e. The molecule has 1 aromatic heterocycles. The summed E-state index contributed by atoms with van der Waals surface area (Å²) in [6, 6.07) is 11.8. The molecular weight excluding hydrogens is 346 g/mol. The van der Waals surface area contributed by atoms with Crippen LogP contribution in [0, 0.1) is 0 Å². The molecule has 2 aromatic carbocycles. The van der Waals surface area contributed by atoms with Crippen LogP contribution in [0.1, 0.15) is 5.56 Å². The van der Waals surface area contributed by atoms with Gasteiger partial charge in [0, 0.05) is 11.0 Å². The van der Waals surface area contributed by atoms with E-state index in [0.717, 1.165) is 27.0 Å². The van der Waals surface area contributed by atoms with Gasteiger partial charge in [-0.2, -0.15) is 0 Å². The summed E-state index contributed by atoms with van der Waals surface area (Å²) in [7, 11) is 3.25. The van der Waals surface area contributed by atoms with Gasteiger partial charge in [-0.1, -0.05) is 28.1 Å². The molecule has 0 saturated heterocycles. The number of nitrogens with one attached hydrogen (secondary N) is 2. The first-order valence-corrected chi connectivity index (χ1v) is 7.59. The lowest BCUT2D eigenvalue weighted by molar-refractivity contribution is 0.354. The Kier molecular flexibility index (Phi) is 4.20. The largest absolute Gasteiger partial charge is 0.493 e. The monoisotopic (exact) mass is 361 g/mol. The van der Waals surface area contributed by atoms with E-state index in [1.165, 1.54) is 0 Å². The van der Waals surface area contributed by atoms with Gasteiger partial charge in [0.05, 0.1) is 25.3 Å². The number of aromatic nitrogens is 2. The van der Waals surface area contributed by atoms with Gasteiger partial charge in [-0.3, -0.25) is 0 Å². The first-order chi connectivity index (χ1) is 10.7. The number of para-hydroxylation sites is 2. The summed E-state index contributed by atoms with van der Waals surface area (Å²) in [5.41, 5.74) is 3.01. The number of hydrogen-bond acceptors (Lipinski definition) is 4. The lowest BCUT2D eigenvalue weighted by Gasteiger charge is -2.12. The van der Waals surface area contributed by atoms with E-state index >= 15 is 0 Å². The summed E-state index contributed by atoms with van der Waals surface area (Å²) in [6.45, 7) is 0.612. The van der Waals surface area contributed by atoms with Crippen LogP contribution >= 0.6 is 15.9 Å². The van der Waals surface area contributed by atoms with Crippen molar-refractivity contribution in [3.63, 3.8) is 0 Å². The van der Waals surface area contributed by atoms with Crippen molar-refractivity contribution in [2.45, 2.75) is 6.54 Å². The Morgan fingerprint density at radius 3 is 2.59 bits per heavy atom. The van der Waals surface area contributed by atoms with Gasteiger partial charge in [0.15, 0.2) is 11.5 Å². The Balaban J connectivity index is 1.81. The summed E-state index contributed by atoms with van der Waals surface area (Å²) in [4.78, 5) is 7.74. The molecule has 0 aliphatic rings. The molecule has 0 aliphatic heterocycles. The van der Waals surface area contributed by atoms with Crippen molar-refractivity contribution in [3.8, 4) is 11.5 Å². The molecule has 3 rings (SSSR count). The lowest BCUT2D eigenvalue weighted by atomic mass is 10.2. The van der Waals surface area contributed by atoms with Crippen LogP contribution in [-0.2, 0) is 6.54 Å². The highest BCUT2D eigenvalue weighted by molar-refractivity contribution is 9.10. The third-order valence-electron chi connectivity index (χ3n) is 3.39. The fraction of sp³-hybridized carbons (Fsp3) is 0.188. The molecule has 6 heteroatoms. The number of hydrogen-bond donors (Lipinski definition) is 2. The average molecular weight is 362 g/mol. The third kappa shape index (κ3) is 2.87. The van der Waals surface area contributed by atoms with Crippen LogP contribution in [0.5, 0.6) is 11.5 Å². The van der Waals surface area contributed by atoms with E-state index in [2.05, 4.69) is 31.2 Å². The second-order valence-corrected chi connectivity index (χ2v) is 5.61. The number of H-pyrrole nitrogens is 1. The molecule has 2 N–H and O–H groups in total. The Bertz CT molecular complexity index is 768. The third-order valence-corrected chi connectivity index (χ3v) is 4.13. The topological polar surface area (TPSA) is 59.2 Å². The lowest BCUT2D eigenvalue weighted by Crippen LogP contribution is -2.03. The predicted octanol–water partition coefficient (Wildman–Crippen LogP) is 3.95. The average Bonchev–Trinajstić information content (AvgIpc) is 2.96. The SMILES string of the molecule is COc1cc(Br)c(CNc2nc3ccccc3[nH]2)cc1OC. The van der Waals surface area contributed by atoms with Crippen LogP contribution < -0.4 is 14.8 Å². The van der Waals surface area contributed by atoms with Gasteiger partial charge in [-0.25, -0.2) is 4.98 Å². The van der Waals surface area contributed by atoms with Gasteiger partial charge in [-0.05, 0) is 29.8 Å². The smallest absolute Gasteiger partial charge is 0.201 e. The van der Waals surface area contributed by atoms with E-state index in [-0.39, 0.29) is 0 Å². The molecule has 1 heterocycles. The molecule has 114 valence electrons.